The van der Waals surface area contributed by atoms with Crippen molar-refractivity contribution in [3.63, 3.8) is 0 Å². The Morgan fingerprint density at radius 3 is 2.38 bits per heavy atom. The van der Waals surface area contributed by atoms with Gasteiger partial charge in [-0.15, -0.1) is 0 Å². The average molecular weight is 287 g/mol. The summed E-state index contributed by atoms with van der Waals surface area (Å²) in [6, 6.07) is 5.39. The third-order valence-electron chi connectivity index (χ3n) is 5.53. The summed E-state index contributed by atoms with van der Waals surface area (Å²) in [6.07, 6.45) is 4.14. The zero-order valence-electron chi connectivity index (χ0n) is 14.8. The lowest BCUT2D eigenvalue weighted by Crippen LogP contribution is -2.42. The molecule has 0 saturated heterocycles. The van der Waals surface area contributed by atoms with E-state index in [2.05, 4.69) is 59.0 Å². The van der Waals surface area contributed by atoms with Crippen LogP contribution in [0.4, 0.5) is 0 Å². The Labute approximate surface area is 131 Å². The Morgan fingerprint density at radius 1 is 1.05 bits per heavy atom. The zero-order valence-corrected chi connectivity index (χ0v) is 14.8. The van der Waals surface area contributed by atoms with Gasteiger partial charge in [0.1, 0.15) is 0 Å². The second-order valence-electron chi connectivity index (χ2n) is 7.68. The van der Waals surface area contributed by atoms with Crippen molar-refractivity contribution in [3.05, 3.63) is 34.4 Å². The molecule has 0 bridgehead atoms. The van der Waals surface area contributed by atoms with Gasteiger partial charge < -0.3 is 5.32 Å². The van der Waals surface area contributed by atoms with Gasteiger partial charge in [-0.25, -0.2) is 0 Å². The zero-order chi connectivity index (χ0) is 15.6. The second kappa shape index (κ2) is 6.96. The summed E-state index contributed by atoms with van der Waals surface area (Å²) in [4.78, 5) is 0. The molecule has 118 valence electrons. The first-order valence-corrected chi connectivity index (χ1v) is 8.68. The number of hydrogen-bond acceptors (Lipinski definition) is 1. The molecule has 1 nitrogen and oxygen atoms in total. The minimum atomic E-state index is 0.690. The van der Waals surface area contributed by atoms with Gasteiger partial charge in [-0.05, 0) is 73.6 Å². The fourth-order valence-electron chi connectivity index (χ4n) is 3.89. The maximum atomic E-state index is 3.89. The molecule has 0 amide bonds. The molecule has 1 aromatic carbocycles. The summed E-state index contributed by atoms with van der Waals surface area (Å²) in [5, 5.41) is 3.89. The summed E-state index contributed by atoms with van der Waals surface area (Å²) in [6.45, 7) is 14.9. The minimum Gasteiger partial charge on any atom is -0.310 e. The Bertz CT molecular complexity index is 475. The van der Waals surface area contributed by atoms with Gasteiger partial charge in [-0.2, -0.15) is 0 Å². The Morgan fingerprint density at radius 2 is 1.71 bits per heavy atom. The third kappa shape index (κ3) is 4.10. The summed E-state index contributed by atoms with van der Waals surface area (Å²) in [5.41, 5.74) is 5.71. The molecular weight excluding hydrogens is 254 g/mol. The fourth-order valence-corrected chi connectivity index (χ4v) is 3.89. The largest absolute Gasteiger partial charge is 0.310 e. The van der Waals surface area contributed by atoms with Gasteiger partial charge in [0, 0.05) is 12.6 Å². The number of rotatable bonds is 4. The molecule has 2 rings (SSSR count). The van der Waals surface area contributed by atoms with Crippen LogP contribution in [0.1, 0.15) is 62.3 Å². The van der Waals surface area contributed by atoms with E-state index in [1.807, 2.05) is 0 Å². The molecule has 0 aliphatic heterocycles. The predicted octanol–water partition coefficient (Wildman–Crippen LogP) is 5.16. The maximum absolute atomic E-state index is 3.89. The van der Waals surface area contributed by atoms with Crippen LogP contribution in [0.3, 0.4) is 0 Å². The fraction of sp³-hybridized carbons (Fsp3) is 0.700. The SMILES string of the molecule is Cc1cc(C)c(CNC2CC(C)CCC2C(C)C)cc1C. The van der Waals surface area contributed by atoms with Crippen LogP contribution >= 0.6 is 0 Å². The molecule has 3 unspecified atom stereocenters. The highest BCUT2D eigenvalue weighted by Gasteiger charge is 2.30. The molecule has 1 heteroatoms. The Balaban J connectivity index is 2.05. The van der Waals surface area contributed by atoms with Crippen LogP contribution in [-0.2, 0) is 6.54 Å². The van der Waals surface area contributed by atoms with Crippen molar-refractivity contribution < 1.29 is 0 Å². The average Bonchev–Trinajstić information content (AvgIpc) is 2.41. The quantitative estimate of drug-likeness (QED) is 0.806. The molecular formula is C20H33N. The summed E-state index contributed by atoms with van der Waals surface area (Å²) in [5.74, 6) is 2.50. The molecule has 1 N–H and O–H groups in total. The Hall–Kier alpha value is -0.820. The monoisotopic (exact) mass is 287 g/mol. The molecule has 0 aromatic heterocycles. The van der Waals surface area contributed by atoms with Crippen molar-refractivity contribution in [1.29, 1.82) is 0 Å². The number of nitrogens with one attached hydrogen (secondary N) is 1. The van der Waals surface area contributed by atoms with Crippen LogP contribution in [0.25, 0.3) is 0 Å². The van der Waals surface area contributed by atoms with Crippen LogP contribution in [0.2, 0.25) is 0 Å². The van der Waals surface area contributed by atoms with Gasteiger partial charge >= 0.3 is 0 Å². The van der Waals surface area contributed by atoms with E-state index in [0.717, 1.165) is 24.3 Å². The molecule has 1 aliphatic carbocycles. The van der Waals surface area contributed by atoms with E-state index in [-0.39, 0.29) is 0 Å². The smallest absolute Gasteiger partial charge is 0.0210 e. The van der Waals surface area contributed by atoms with Crippen LogP contribution in [-0.4, -0.2) is 6.04 Å². The third-order valence-corrected chi connectivity index (χ3v) is 5.53. The molecule has 21 heavy (non-hydrogen) atoms. The van der Waals surface area contributed by atoms with E-state index in [9.17, 15) is 0 Å². The van der Waals surface area contributed by atoms with Gasteiger partial charge in [0.25, 0.3) is 0 Å². The van der Waals surface area contributed by atoms with Crippen molar-refractivity contribution in [2.45, 2.75) is 73.4 Å². The topological polar surface area (TPSA) is 12.0 Å². The van der Waals surface area contributed by atoms with E-state index in [4.69, 9.17) is 0 Å². The highest BCUT2D eigenvalue weighted by molar-refractivity contribution is 5.36. The van der Waals surface area contributed by atoms with Crippen LogP contribution in [0, 0.1) is 38.5 Å². The molecule has 3 atom stereocenters. The van der Waals surface area contributed by atoms with E-state index < -0.39 is 0 Å². The van der Waals surface area contributed by atoms with Gasteiger partial charge in [-0.1, -0.05) is 39.3 Å². The number of hydrogen-bond donors (Lipinski definition) is 1. The van der Waals surface area contributed by atoms with Crippen LogP contribution < -0.4 is 5.32 Å². The molecule has 1 fully saturated rings. The van der Waals surface area contributed by atoms with Crippen molar-refractivity contribution in [2.24, 2.45) is 17.8 Å². The van der Waals surface area contributed by atoms with Gasteiger partial charge in [0.2, 0.25) is 0 Å². The summed E-state index contributed by atoms with van der Waals surface area (Å²) in [7, 11) is 0. The number of benzene rings is 1. The van der Waals surface area contributed by atoms with Gasteiger partial charge in [-0.3, -0.25) is 0 Å². The Kier molecular flexibility index (Phi) is 5.48. The van der Waals surface area contributed by atoms with Crippen LogP contribution in [0.5, 0.6) is 0 Å². The van der Waals surface area contributed by atoms with E-state index in [0.29, 0.717) is 6.04 Å². The molecule has 0 radical (unpaired) electrons. The lowest BCUT2D eigenvalue weighted by atomic mass is 9.74. The summed E-state index contributed by atoms with van der Waals surface area (Å²) >= 11 is 0. The minimum absolute atomic E-state index is 0.690. The highest BCUT2D eigenvalue weighted by atomic mass is 14.9. The normalized spacial score (nSPS) is 26.3. The van der Waals surface area contributed by atoms with Crippen LogP contribution in [0.15, 0.2) is 12.1 Å². The highest BCUT2D eigenvalue weighted by Crippen LogP contribution is 2.33. The van der Waals surface area contributed by atoms with Crippen molar-refractivity contribution >= 4 is 0 Å². The molecule has 1 aliphatic rings. The first kappa shape index (κ1) is 16.5. The molecule has 1 aromatic rings. The van der Waals surface area contributed by atoms with Gasteiger partial charge in [0.05, 0.1) is 0 Å². The molecule has 0 spiro atoms. The first-order valence-electron chi connectivity index (χ1n) is 8.68. The molecule has 0 heterocycles. The predicted molar refractivity (Wildman–Crippen MR) is 92.6 cm³/mol. The molecule has 1 saturated carbocycles. The van der Waals surface area contributed by atoms with Crippen molar-refractivity contribution in [2.75, 3.05) is 0 Å². The summed E-state index contributed by atoms with van der Waals surface area (Å²) < 4.78 is 0. The lowest BCUT2D eigenvalue weighted by Gasteiger charge is -2.38. The maximum Gasteiger partial charge on any atom is 0.0210 e. The second-order valence-corrected chi connectivity index (χ2v) is 7.68. The number of aryl methyl sites for hydroxylation is 3. The first-order chi connectivity index (χ1) is 9.88. The standard InChI is InChI=1S/C20H33N/c1-13(2)19-8-7-14(3)9-20(19)21-12-18-11-16(5)15(4)10-17(18)6/h10-11,13-14,19-21H,7-9,12H2,1-6H3. The van der Waals surface area contributed by atoms with E-state index >= 15 is 0 Å². The van der Waals surface area contributed by atoms with Gasteiger partial charge in [0.15, 0.2) is 0 Å². The van der Waals surface area contributed by atoms with Crippen molar-refractivity contribution in [3.8, 4) is 0 Å². The lowest BCUT2D eigenvalue weighted by molar-refractivity contribution is 0.169. The van der Waals surface area contributed by atoms with E-state index in [1.54, 1.807) is 0 Å². The van der Waals surface area contributed by atoms with Crippen molar-refractivity contribution in [1.82, 2.24) is 5.32 Å². The van der Waals surface area contributed by atoms with E-state index in [1.165, 1.54) is 41.5 Å².